The second kappa shape index (κ2) is 18.6. The van der Waals surface area contributed by atoms with Crippen LogP contribution in [-0.2, 0) is 49.2 Å². The number of carbonyl (C=O) groups is 2. The topological polar surface area (TPSA) is 159 Å². The molecular weight excluding hydrogens is 941 g/mol. The summed E-state index contributed by atoms with van der Waals surface area (Å²) in [5.74, 6) is 5.92. The number of nitrogens with one attached hydrogen (secondary N) is 3. The van der Waals surface area contributed by atoms with Crippen LogP contribution in [-0.4, -0.2) is 131 Å². The number of phenolic OH excluding ortho intramolecular Hbond substituents is 2. The first-order valence-electron chi connectivity index (χ1n) is 28.7. The van der Waals surface area contributed by atoms with E-state index in [1.54, 1.807) is 26.4 Å². The molecule has 13 heteroatoms. The van der Waals surface area contributed by atoms with Crippen LogP contribution in [0.2, 0.25) is 0 Å². The molecule has 18 rings (SSSR count). The van der Waals surface area contributed by atoms with Crippen LogP contribution in [0.4, 0.5) is 0 Å². The lowest BCUT2D eigenvalue weighted by Crippen LogP contribution is -2.67. The van der Waals surface area contributed by atoms with Crippen molar-refractivity contribution in [1.29, 1.82) is 0 Å². The highest BCUT2D eigenvalue weighted by atomic mass is 16.5. The summed E-state index contributed by atoms with van der Waals surface area (Å²) in [5, 5.41) is 23.3. The normalized spacial score (nSPS) is 35.1. The summed E-state index contributed by atoms with van der Waals surface area (Å²) in [5.41, 5.74) is 9.67. The number of nitrogens with zero attached hydrogens (tertiary/aromatic N) is 3. The van der Waals surface area contributed by atoms with Gasteiger partial charge in [0.1, 0.15) is 28.1 Å². The first-order valence-corrected chi connectivity index (χ1v) is 28.7. The molecular formula is C62H78N6O7. The van der Waals surface area contributed by atoms with Gasteiger partial charge in [-0.15, -0.1) is 0 Å². The van der Waals surface area contributed by atoms with Gasteiger partial charge >= 0.3 is 11.9 Å². The maximum absolute atomic E-state index is 13.4. The van der Waals surface area contributed by atoms with Crippen molar-refractivity contribution in [3.8, 4) is 17.2 Å². The second-order valence-corrected chi connectivity index (χ2v) is 24.4. The number of ether oxygens (including phenoxy) is 3. The molecule has 0 amide bonds. The van der Waals surface area contributed by atoms with Crippen molar-refractivity contribution in [1.82, 2.24) is 29.7 Å². The van der Waals surface area contributed by atoms with Crippen LogP contribution in [0.15, 0.2) is 54.6 Å². The summed E-state index contributed by atoms with van der Waals surface area (Å²) in [7, 11) is 4.76. The van der Waals surface area contributed by atoms with Gasteiger partial charge in [-0.05, 0) is 165 Å². The van der Waals surface area contributed by atoms with E-state index in [0.717, 1.165) is 123 Å². The smallest absolute Gasteiger partial charge is 0.319 e. The van der Waals surface area contributed by atoms with Crippen molar-refractivity contribution in [3.63, 3.8) is 0 Å². The lowest BCUT2D eigenvalue weighted by atomic mass is 9.56. The third-order valence-corrected chi connectivity index (χ3v) is 21.0. The third kappa shape index (κ3) is 7.39. The Morgan fingerprint density at radius 2 is 1.04 bits per heavy atom. The lowest BCUT2D eigenvalue weighted by molar-refractivity contribution is -0.163. The minimum atomic E-state index is -0.614. The van der Waals surface area contributed by atoms with E-state index in [1.807, 2.05) is 30.3 Å². The van der Waals surface area contributed by atoms with Crippen LogP contribution in [0.3, 0.4) is 0 Å². The molecule has 15 atom stereocenters. The van der Waals surface area contributed by atoms with Crippen LogP contribution in [0.1, 0.15) is 118 Å². The monoisotopic (exact) mass is 1020 g/mol. The van der Waals surface area contributed by atoms with E-state index in [1.165, 1.54) is 91.0 Å². The molecule has 6 unspecified atom stereocenters. The summed E-state index contributed by atoms with van der Waals surface area (Å²) >= 11 is 0. The number of methoxy groups -OCH3 is 3. The van der Waals surface area contributed by atoms with Gasteiger partial charge in [-0.1, -0.05) is 40.0 Å². The van der Waals surface area contributed by atoms with E-state index >= 15 is 0 Å². The van der Waals surface area contributed by atoms with Gasteiger partial charge in [0.05, 0.1) is 21.3 Å². The van der Waals surface area contributed by atoms with Gasteiger partial charge < -0.3 is 39.4 Å². The number of phenols is 2. The van der Waals surface area contributed by atoms with E-state index in [4.69, 9.17) is 14.2 Å². The highest BCUT2D eigenvalue weighted by Crippen LogP contribution is 2.58. The molecule has 6 aromatic rings. The number of fused-ring (bicyclic) bond motifs is 12. The van der Waals surface area contributed by atoms with Gasteiger partial charge in [-0.25, -0.2) is 0 Å². The van der Waals surface area contributed by atoms with Gasteiger partial charge in [0.25, 0.3) is 0 Å². The van der Waals surface area contributed by atoms with Crippen LogP contribution < -0.4 is 4.74 Å². The van der Waals surface area contributed by atoms with Crippen molar-refractivity contribution in [2.45, 2.75) is 133 Å². The van der Waals surface area contributed by atoms with E-state index in [0.29, 0.717) is 35.3 Å². The fraction of sp³-hybridized carbons (Fsp3) is 0.581. The molecule has 0 spiro atoms. The fourth-order valence-corrected chi connectivity index (χ4v) is 18.4. The van der Waals surface area contributed by atoms with Crippen molar-refractivity contribution in [2.75, 3.05) is 60.6 Å². The molecule has 13 nitrogen and oxygen atoms in total. The standard InChI is InChI=1S/C22H28N2O3.C21H26N2O3.C19H24N2O/c1-4-14-9-13-11-22(21(25)27-3)19-16(7-8-24(12-13)20(14)22)17-10-15(26-2)5-6-18(17)23-19;1-3-13-8-12-10-21(20(25)26-2)18-15(6-7-23(11-12)19(13)21)16-9-14(24)4-5-17(16)22-18;1-2-12-7-11-8-16-18-14(5-6-21(10-11)19(12)16)15-9-13(22)3-4-17(15)20-18/h5-6,10,13-14,20,23H,4,7-9,11-12H2,1-3H3;4-5,9,12-13,19,22,24H,3,6-8,10-11H2,1-2H3;3-4,9,11-12,16,19-20,22H,2,5-8,10H2,1H3/t13-,14-,20?,22+;12-,13-,19?,21+;11-,12-,16-,19?/m000/s1. The SMILES string of the molecule is CC[C@H]1C[C@@H]2CN3CCc4c([nH]c5ccc(O)cc45)[C@](C(=O)OC)(C2)C13.CC[C@H]1C[C@@H]2CN3CCc4c([nH]c5ccc(OC)cc45)[C@](C(=O)OC)(C2)C13.CC[C@H]1C[C@H]2C[C@H]3c4[nH]c5ccc(O)cc5c4CCN(C2)C13. The van der Waals surface area contributed by atoms with E-state index in [9.17, 15) is 19.8 Å². The second-order valence-electron chi connectivity index (χ2n) is 24.4. The average Bonchev–Trinajstić information content (AvgIpc) is 4.22. The molecule has 75 heavy (non-hydrogen) atoms. The number of aromatic nitrogens is 3. The molecule has 12 heterocycles. The molecule has 12 bridgehead atoms. The average molecular weight is 1020 g/mol. The Bertz CT molecular complexity index is 3190. The molecule has 3 aliphatic carbocycles. The number of H-pyrrole nitrogens is 3. The number of esters is 2. The van der Waals surface area contributed by atoms with E-state index in [-0.39, 0.29) is 29.8 Å². The van der Waals surface area contributed by atoms with Gasteiger partial charge in [0.2, 0.25) is 0 Å². The van der Waals surface area contributed by atoms with Crippen LogP contribution >= 0.6 is 0 Å². The van der Waals surface area contributed by atoms with E-state index in [2.05, 4.69) is 62.6 Å². The zero-order valence-corrected chi connectivity index (χ0v) is 45.0. The van der Waals surface area contributed by atoms with Gasteiger partial charge in [-0.2, -0.15) is 0 Å². The number of hydrogen-bond donors (Lipinski definition) is 5. The Kier molecular flexibility index (Phi) is 12.2. The summed E-state index contributed by atoms with van der Waals surface area (Å²) in [6.07, 6.45) is 13.5. The Labute approximate surface area is 441 Å². The Morgan fingerprint density at radius 1 is 0.573 bits per heavy atom. The fourth-order valence-electron chi connectivity index (χ4n) is 18.4. The number of hydrogen-bond acceptors (Lipinski definition) is 10. The number of rotatable bonds is 6. The van der Waals surface area contributed by atoms with E-state index < -0.39 is 10.8 Å². The zero-order valence-electron chi connectivity index (χ0n) is 45.0. The maximum Gasteiger partial charge on any atom is 0.319 e. The predicted octanol–water partition coefficient (Wildman–Crippen LogP) is 9.86. The largest absolute Gasteiger partial charge is 0.508 e. The number of aromatic hydroxyl groups is 2. The van der Waals surface area contributed by atoms with Crippen LogP contribution in [0.25, 0.3) is 32.7 Å². The van der Waals surface area contributed by atoms with Crippen molar-refractivity contribution in [2.24, 2.45) is 35.5 Å². The van der Waals surface area contributed by atoms with Crippen molar-refractivity contribution < 1.29 is 34.0 Å². The predicted molar refractivity (Wildman–Crippen MR) is 292 cm³/mol. The highest BCUT2D eigenvalue weighted by Gasteiger charge is 2.64. The van der Waals surface area contributed by atoms with Crippen molar-refractivity contribution in [3.05, 3.63) is 88.4 Å². The number of piperidine rings is 6. The molecule has 0 radical (unpaired) electrons. The molecule has 6 saturated heterocycles. The molecule has 3 aromatic carbocycles. The molecule has 12 aliphatic rings. The Balaban J connectivity index is 0.000000109. The summed E-state index contributed by atoms with van der Waals surface area (Å²) in [6.45, 7) is 13.5. The minimum Gasteiger partial charge on any atom is -0.508 e. The van der Waals surface area contributed by atoms with Crippen molar-refractivity contribution >= 4 is 44.6 Å². The van der Waals surface area contributed by atoms with Crippen LogP contribution in [0.5, 0.6) is 17.2 Å². The minimum absolute atomic E-state index is 0.0676. The first kappa shape index (κ1) is 49.1. The van der Waals surface area contributed by atoms with Crippen LogP contribution in [0, 0.1) is 35.5 Å². The summed E-state index contributed by atoms with van der Waals surface area (Å²) in [6, 6.07) is 18.6. The Morgan fingerprint density at radius 3 is 1.57 bits per heavy atom. The third-order valence-electron chi connectivity index (χ3n) is 21.0. The lowest BCUT2D eigenvalue weighted by Gasteiger charge is -2.57. The number of carbonyl (C=O) groups excluding carboxylic acids is 2. The first-order chi connectivity index (χ1) is 36.4. The highest BCUT2D eigenvalue weighted by molar-refractivity contribution is 5.94. The quantitative estimate of drug-likeness (QED) is 0.102. The zero-order chi connectivity index (χ0) is 51.7. The maximum atomic E-state index is 13.4. The molecule has 5 N–H and O–H groups in total. The summed E-state index contributed by atoms with van der Waals surface area (Å²) < 4.78 is 16.3. The van der Waals surface area contributed by atoms with Gasteiger partial charge in [-0.3, -0.25) is 24.3 Å². The summed E-state index contributed by atoms with van der Waals surface area (Å²) in [4.78, 5) is 45.6. The Hall–Kier alpha value is -5.50. The number of benzene rings is 3. The molecule has 3 aromatic heterocycles. The molecule has 398 valence electrons. The van der Waals surface area contributed by atoms with Gasteiger partial charge in [0.15, 0.2) is 0 Å². The molecule has 3 saturated carbocycles. The van der Waals surface area contributed by atoms with Gasteiger partial charge in [0, 0.05) is 113 Å². The molecule has 9 fully saturated rings. The number of aromatic amines is 3. The molecule has 9 aliphatic heterocycles.